The molecule has 0 amide bonds. The molecular formula is C19H20N2. The fourth-order valence-electron chi connectivity index (χ4n) is 2.46. The quantitative estimate of drug-likeness (QED) is 0.631. The van der Waals surface area contributed by atoms with E-state index in [2.05, 4.69) is 56.9 Å². The number of para-hydroxylation sites is 1. The van der Waals surface area contributed by atoms with E-state index in [-0.39, 0.29) is 5.41 Å². The summed E-state index contributed by atoms with van der Waals surface area (Å²) in [7, 11) is 0. The lowest BCUT2D eigenvalue weighted by atomic mass is 9.88. The third kappa shape index (κ3) is 2.66. The summed E-state index contributed by atoms with van der Waals surface area (Å²) in [4.78, 5) is 9.39. The van der Waals surface area contributed by atoms with Crippen molar-refractivity contribution in [1.29, 1.82) is 0 Å². The molecule has 21 heavy (non-hydrogen) atoms. The fraction of sp³-hybridized carbons (Fsp3) is 0.263. The molecule has 0 radical (unpaired) electrons. The minimum atomic E-state index is 0.122. The van der Waals surface area contributed by atoms with Gasteiger partial charge in [0.1, 0.15) is 0 Å². The number of hydrogen-bond donors (Lipinski definition) is 0. The maximum Gasteiger partial charge on any atom is 0.0922 e. The second kappa shape index (κ2) is 4.96. The van der Waals surface area contributed by atoms with Gasteiger partial charge in [-0.2, -0.15) is 0 Å². The van der Waals surface area contributed by atoms with Gasteiger partial charge in [0.05, 0.1) is 16.9 Å². The summed E-state index contributed by atoms with van der Waals surface area (Å²) in [6.07, 6.45) is 1.96. The van der Waals surface area contributed by atoms with Gasteiger partial charge in [-0.3, -0.25) is 4.98 Å². The van der Waals surface area contributed by atoms with Crippen molar-refractivity contribution >= 4 is 10.9 Å². The monoisotopic (exact) mass is 276 g/mol. The van der Waals surface area contributed by atoms with E-state index in [1.54, 1.807) is 0 Å². The highest BCUT2D eigenvalue weighted by molar-refractivity contribution is 5.82. The van der Waals surface area contributed by atoms with Crippen LogP contribution < -0.4 is 0 Å². The molecule has 0 unspecified atom stereocenters. The van der Waals surface area contributed by atoms with Crippen LogP contribution in [0.3, 0.4) is 0 Å². The summed E-state index contributed by atoms with van der Waals surface area (Å²) in [6, 6.07) is 14.6. The molecule has 0 bridgehead atoms. The van der Waals surface area contributed by atoms with Crippen molar-refractivity contribution in [3.05, 3.63) is 59.8 Å². The zero-order valence-electron chi connectivity index (χ0n) is 13.0. The summed E-state index contributed by atoms with van der Waals surface area (Å²) in [5.74, 6) is 0. The van der Waals surface area contributed by atoms with Crippen LogP contribution in [0.1, 0.15) is 31.9 Å². The largest absolute Gasteiger partial charge is 0.254 e. The lowest BCUT2D eigenvalue weighted by Gasteiger charge is -2.18. The number of fused-ring (bicyclic) bond motifs is 1. The molecule has 0 spiro atoms. The van der Waals surface area contributed by atoms with E-state index >= 15 is 0 Å². The lowest BCUT2D eigenvalue weighted by Crippen LogP contribution is -2.11. The highest BCUT2D eigenvalue weighted by Crippen LogP contribution is 2.26. The molecule has 2 aromatic heterocycles. The van der Waals surface area contributed by atoms with Gasteiger partial charge in [-0.25, -0.2) is 4.98 Å². The summed E-state index contributed by atoms with van der Waals surface area (Å²) in [5, 5.41) is 1.17. The number of benzene rings is 1. The molecule has 1 aromatic carbocycles. The normalized spacial score (nSPS) is 11.8. The zero-order valence-corrected chi connectivity index (χ0v) is 13.0. The van der Waals surface area contributed by atoms with Gasteiger partial charge in [0, 0.05) is 11.6 Å². The molecule has 0 atom stereocenters. The summed E-state index contributed by atoms with van der Waals surface area (Å²) >= 11 is 0. The Morgan fingerprint density at radius 1 is 0.952 bits per heavy atom. The van der Waals surface area contributed by atoms with Crippen LogP contribution in [0, 0.1) is 6.92 Å². The van der Waals surface area contributed by atoms with Crippen molar-refractivity contribution in [3.63, 3.8) is 0 Å². The van der Waals surface area contributed by atoms with Crippen molar-refractivity contribution in [1.82, 2.24) is 9.97 Å². The molecule has 3 rings (SSSR count). The Hall–Kier alpha value is -2.22. The topological polar surface area (TPSA) is 25.8 Å². The second-order valence-corrected chi connectivity index (χ2v) is 6.53. The average Bonchev–Trinajstić information content (AvgIpc) is 2.46. The number of pyridine rings is 2. The third-order valence-electron chi connectivity index (χ3n) is 3.79. The Balaban J connectivity index is 2.09. The van der Waals surface area contributed by atoms with E-state index in [1.807, 2.05) is 24.4 Å². The van der Waals surface area contributed by atoms with Crippen LogP contribution in [0.2, 0.25) is 0 Å². The Morgan fingerprint density at radius 2 is 1.71 bits per heavy atom. The van der Waals surface area contributed by atoms with Crippen LogP contribution in [0.5, 0.6) is 0 Å². The maximum atomic E-state index is 4.77. The summed E-state index contributed by atoms with van der Waals surface area (Å²) in [5.41, 5.74) is 5.44. The second-order valence-electron chi connectivity index (χ2n) is 6.53. The van der Waals surface area contributed by atoms with E-state index in [0.717, 1.165) is 22.5 Å². The highest BCUT2D eigenvalue weighted by Gasteiger charge is 2.14. The van der Waals surface area contributed by atoms with Crippen molar-refractivity contribution in [2.24, 2.45) is 0 Å². The Morgan fingerprint density at radius 3 is 2.38 bits per heavy atom. The number of hydrogen-bond acceptors (Lipinski definition) is 2. The number of nitrogens with zero attached hydrogens (tertiary/aromatic N) is 2. The van der Waals surface area contributed by atoms with Gasteiger partial charge in [-0.05, 0) is 41.7 Å². The predicted molar refractivity (Wildman–Crippen MR) is 88.4 cm³/mol. The molecule has 0 saturated carbocycles. The van der Waals surface area contributed by atoms with Crippen LogP contribution in [-0.2, 0) is 5.41 Å². The van der Waals surface area contributed by atoms with Gasteiger partial charge in [-0.1, -0.05) is 45.0 Å². The minimum absolute atomic E-state index is 0.122. The number of rotatable bonds is 1. The predicted octanol–water partition coefficient (Wildman–Crippen LogP) is 4.90. The molecule has 106 valence electrons. The molecule has 0 aliphatic rings. The Kier molecular flexibility index (Phi) is 3.25. The van der Waals surface area contributed by atoms with Crippen LogP contribution >= 0.6 is 0 Å². The first-order chi connectivity index (χ1) is 9.95. The van der Waals surface area contributed by atoms with E-state index in [9.17, 15) is 0 Å². The molecular weight excluding hydrogens is 256 g/mol. The maximum absolute atomic E-state index is 4.77. The van der Waals surface area contributed by atoms with Crippen LogP contribution in [0.25, 0.3) is 22.3 Å². The Labute approximate surface area is 125 Å². The molecule has 3 aromatic rings. The van der Waals surface area contributed by atoms with Gasteiger partial charge in [0.2, 0.25) is 0 Å². The molecule has 0 fully saturated rings. The Bertz CT molecular complexity index is 781. The number of aromatic nitrogens is 2. The minimum Gasteiger partial charge on any atom is -0.254 e. The SMILES string of the molecule is Cc1cc2ccccc2nc1-c1ccc(C(C)(C)C)cn1. The van der Waals surface area contributed by atoms with E-state index < -0.39 is 0 Å². The smallest absolute Gasteiger partial charge is 0.0922 e. The van der Waals surface area contributed by atoms with E-state index in [1.165, 1.54) is 10.9 Å². The van der Waals surface area contributed by atoms with Gasteiger partial charge < -0.3 is 0 Å². The average molecular weight is 276 g/mol. The van der Waals surface area contributed by atoms with Crippen molar-refractivity contribution < 1.29 is 0 Å². The van der Waals surface area contributed by atoms with Gasteiger partial charge in [0.25, 0.3) is 0 Å². The first-order valence-corrected chi connectivity index (χ1v) is 7.28. The zero-order chi connectivity index (χ0) is 15.0. The highest BCUT2D eigenvalue weighted by atomic mass is 14.8. The van der Waals surface area contributed by atoms with Crippen molar-refractivity contribution in [2.45, 2.75) is 33.1 Å². The van der Waals surface area contributed by atoms with Gasteiger partial charge in [-0.15, -0.1) is 0 Å². The first-order valence-electron chi connectivity index (χ1n) is 7.28. The van der Waals surface area contributed by atoms with Gasteiger partial charge >= 0.3 is 0 Å². The molecule has 2 heterocycles. The number of aryl methyl sites for hydroxylation is 1. The van der Waals surface area contributed by atoms with E-state index in [4.69, 9.17) is 4.98 Å². The summed E-state index contributed by atoms with van der Waals surface area (Å²) in [6.45, 7) is 8.68. The van der Waals surface area contributed by atoms with Crippen LogP contribution in [-0.4, -0.2) is 9.97 Å². The molecule has 2 nitrogen and oxygen atoms in total. The first kappa shape index (κ1) is 13.7. The standard InChI is InChI=1S/C19H20N2/c1-13-11-14-7-5-6-8-16(14)21-18(13)17-10-9-15(12-20-17)19(2,3)4/h5-12H,1-4H3. The molecule has 2 heteroatoms. The fourth-order valence-corrected chi connectivity index (χ4v) is 2.46. The lowest BCUT2D eigenvalue weighted by molar-refractivity contribution is 0.587. The third-order valence-corrected chi connectivity index (χ3v) is 3.79. The van der Waals surface area contributed by atoms with Crippen molar-refractivity contribution in [3.8, 4) is 11.4 Å². The van der Waals surface area contributed by atoms with Crippen LogP contribution in [0.4, 0.5) is 0 Å². The van der Waals surface area contributed by atoms with Crippen LogP contribution in [0.15, 0.2) is 48.7 Å². The van der Waals surface area contributed by atoms with E-state index in [0.29, 0.717) is 0 Å². The molecule has 0 aliphatic heterocycles. The molecule has 0 aliphatic carbocycles. The van der Waals surface area contributed by atoms with Gasteiger partial charge in [0.15, 0.2) is 0 Å². The van der Waals surface area contributed by atoms with Crippen molar-refractivity contribution in [2.75, 3.05) is 0 Å². The molecule has 0 N–H and O–H groups in total. The molecule has 0 saturated heterocycles. The summed E-state index contributed by atoms with van der Waals surface area (Å²) < 4.78 is 0.